The van der Waals surface area contributed by atoms with Crippen LogP contribution in [-0.2, 0) is 5.41 Å². The summed E-state index contributed by atoms with van der Waals surface area (Å²) in [7, 11) is 4.54. The SMILES string of the molecule is C=C(C)C[C@@H](C)C[C@H](CCC)Oc1cc(O[C@@H](C)[C@@H](C)C[C@@H](F)CNC)nc(-c2noc(C(C)(C)c3cc(C)ccc3P)n2)n1. The molecule has 6 atom stereocenters. The quantitative estimate of drug-likeness (QED) is 0.112. The van der Waals surface area contributed by atoms with Gasteiger partial charge in [-0.1, -0.05) is 61.7 Å². The van der Waals surface area contributed by atoms with Gasteiger partial charge < -0.3 is 19.3 Å². The summed E-state index contributed by atoms with van der Waals surface area (Å²) in [6.45, 7) is 20.9. The van der Waals surface area contributed by atoms with Crippen LogP contribution in [0.25, 0.3) is 11.6 Å². The summed E-state index contributed by atoms with van der Waals surface area (Å²) in [5.74, 6) is 1.99. The van der Waals surface area contributed by atoms with E-state index in [4.69, 9.17) is 24.0 Å². The molecular formula is C35H53FN5O3P. The maximum atomic E-state index is 14.4. The minimum Gasteiger partial charge on any atom is -0.474 e. The van der Waals surface area contributed by atoms with Gasteiger partial charge in [-0.05, 0) is 90.1 Å². The normalized spacial score (nSPS) is 15.3. The van der Waals surface area contributed by atoms with Gasteiger partial charge in [-0.3, -0.25) is 0 Å². The molecule has 0 aliphatic carbocycles. The summed E-state index contributed by atoms with van der Waals surface area (Å²) in [6.07, 6.45) is 2.68. The maximum absolute atomic E-state index is 14.4. The summed E-state index contributed by atoms with van der Waals surface area (Å²) in [6, 6.07) is 7.98. The molecule has 8 nitrogen and oxygen atoms in total. The van der Waals surface area contributed by atoms with Gasteiger partial charge in [0.1, 0.15) is 18.4 Å². The first-order valence-corrected chi connectivity index (χ1v) is 16.7. The van der Waals surface area contributed by atoms with Gasteiger partial charge >= 0.3 is 0 Å². The Kier molecular flexibility index (Phi) is 13.5. The topological polar surface area (TPSA) is 95.2 Å². The van der Waals surface area contributed by atoms with Gasteiger partial charge in [0.2, 0.25) is 29.3 Å². The second-order valence-electron chi connectivity index (χ2n) is 13.2. The second-order valence-corrected chi connectivity index (χ2v) is 13.9. The van der Waals surface area contributed by atoms with Crippen molar-refractivity contribution in [3.63, 3.8) is 0 Å². The van der Waals surface area contributed by atoms with Crippen LogP contribution in [0.5, 0.6) is 11.8 Å². The molecule has 0 fully saturated rings. The van der Waals surface area contributed by atoms with Crippen LogP contribution in [0.15, 0.2) is 40.9 Å². The van der Waals surface area contributed by atoms with Gasteiger partial charge in [0.05, 0.1) is 11.5 Å². The van der Waals surface area contributed by atoms with Crippen molar-refractivity contribution in [2.45, 2.75) is 111 Å². The van der Waals surface area contributed by atoms with Gasteiger partial charge in [-0.2, -0.15) is 15.0 Å². The van der Waals surface area contributed by atoms with Crippen molar-refractivity contribution in [1.29, 1.82) is 0 Å². The number of aromatic nitrogens is 4. The number of halogens is 1. The smallest absolute Gasteiger partial charge is 0.240 e. The fourth-order valence-corrected chi connectivity index (χ4v) is 6.11. The second kappa shape index (κ2) is 16.6. The molecular weight excluding hydrogens is 588 g/mol. The van der Waals surface area contributed by atoms with Crippen LogP contribution in [0.4, 0.5) is 4.39 Å². The predicted octanol–water partition coefficient (Wildman–Crippen LogP) is 7.55. The van der Waals surface area contributed by atoms with Gasteiger partial charge in [0.15, 0.2) is 0 Å². The Morgan fingerprint density at radius 1 is 1.07 bits per heavy atom. The standard InChI is InChI=1S/C35H53FN5O3P/c1-11-12-27(16-23(5)15-21(2)3)43-31-19-30(42-25(7)24(6)18-26(36)20-37-10)38-32(39-31)33-40-34(44-41-33)35(8,9)28-17-22(4)13-14-29(28)45/h13-14,17,19,23-27,37H,2,11-12,15-16,18,20,45H2,1,3-10H3/t23-,24+,25+,26-,27+/m1/s1. The lowest BCUT2D eigenvalue weighted by molar-refractivity contribution is 0.123. The number of rotatable bonds is 18. The lowest BCUT2D eigenvalue weighted by Gasteiger charge is -2.24. The minimum atomic E-state index is -0.969. The Hall–Kier alpha value is -2.90. The van der Waals surface area contributed by atoms with Crippen molar-refractivity contribution < 1.29 is 18.4 Å². The molecule has 0 aliphatic rings. The van der Waals surface area contributed by atoms with Crippen LogP contribution >= 0.6 is 9.24 Å². The van der Waals surface area contributed by atoms with E-state index >= 15 is 0 Å². The van der Waals surface area contributed by atoms with Crippen molar-refractivity contribution in [2.24, 2.45) is 11.8 Å². The van der Waals surface area contributed by atoms with Gasteiger partial charge in [0.25, 0.3) is 0 Å². The summed E-state index contributed by atoms with van der Waals surface area (Å²) in [5.41, 5.74) is 2.81. The molecule has 0 aliphatic heterocycles. The largest absolute Gasteiger partial charge is 0.474 e. The fourth-order valence-electron chi connectivity index (χ4n) is 5.57. The molecule has 0 saturated carbocycles. The summed E-state index contributed by atoms with van der Waals surface area (Å²) < 4.78 is 33.0. The Morgan fingerprint density at radius 2 is 1.76 bits per heavy atom. The first-order valence-electron chi connectivity index (χ1n) is 16.1. The van der Waals surface area contributed by atoms with E-state index in [2.05, 4.69) is 91.0 Å². The number of allylic oxidation sites excluding steroid dienone is 1. The first kappa shape index (κ1) is 36.6. The molecule has 3 rings (SSSR count). The molecule has 0 amide bonds. The van der Waals surface area contributed by atoms with Crippen LogP contribution in [0.1, 0.15) is 97.6 Å². The first-order chi connectivity index (χ1) is 21.2. The van der Waals surface area contributed by atoms with E-state index < -0.39 is 11.6 Å². The van der Waals surface area contributed by atoms with Crippen LogP contribution in [0.2, 0.25) is 0 Å². The van der Waals surface area contributed by atoms with E-state index in [1.807, 2.05) is 13.8 Å². The molecule has 1 aromatic carbocycles. The zero-order chi connectivity index (χ0) is 33.3. The molecule has 2 heterocycles. The van der Waals surface area contributed by atoms with Crippen LogP contribution in [-0.4, -0.2) is 52.1 Å². The van der Waals surface area contributed by atoms with Crippen molar-refractivity contribution in [1.82, 2.24) is 25.4 Å². The molecule has 2 aromatic heterocycles. The van der Waals surface area contributed by atoms with Gasteiger partial charge in [-0.25, -0.2) is 4.39 Å². The molecule has 1 N–H and O–H groups in total. The summed E-state index contributed by atoms with van der Waals surface area (Å²) >= 11 is 0. The van der Waals surface area contributed by atoms with E-state index in [9.17, 15) is 4.39 Å². The van der Waals surface area contributed by atoms with E-state index in [0.717, 1.165) is 47.7 Å². The van der Waals surface area contributed by atoms with E-state index in [1.54, 1.807) is 13.1 Å². The third-order valence-electron chi connectivity index (χ3n) is 8.14. The number of alkyl halides is 1. The molecule has 0 bridgehead atoms. The number of nitrogens with zero attached hydrogens (tertiary/aromatic N) is 4. The zero-order valence-electron chi connectivity index (χ0n) is 28.6. The Bertz CT molecular complexity index is 1400. The lowest BCUT2D eigenvalue weighted by Crippen LogP contribution is -2.28. The molecule has 1 unspecified atom stereocenters. The number of aryl methyl sites for hydroxylation is 1. The van der Waals surface area contributed by atoms with Crippen molar-refractivity contribution in [3.05, 3.63) is 53.4 Å². The van der Waals surface area contributed by atoms with E-state index in [0.29, 0.717) is 36.5 Å². The van der Waals surface area contributed by atoms with Crippen LogP contribution < -0.4 is 20.1 Å². The van der Waals surface area contributed by atoms with Gasteiger partial charge in [-0.15, -0.1) is 15.8 Å². The van der Waals surface area contributed by atoms with Crippen LogP contribution in [0, 0.1) is 18.8 Å². The number of hydrogen-bond acceptors (Lipinski definition) is 8. The Morgan fingerprint density at radius 3 is 2.40 bits per heavy atom. The lowest BCUT2D eigenvalue weighted by atomic mass is 9.83. The molecule has 0 saturated heterocycles. The maximum Gasteiger partial charge on any atom is 0.240 e. The third kappa shape index (κ3) is 10.6. The highest BCUT2D eigenvalue weighted by atomic mass is 31.0. The Labute approximate surface area is 271 Å². The Balaban J connectivity index is 1.97. The third-order valence-corrected chi connectivity index (χ3v) is 8.65. The minimum absolute atomic E-state index is 0.0494. The average molecular weight is 642 g/mol. The monoisotopic (exact) mass is 641 g/mol. The zero-order valence-corrected chi connectivity index (χ0v) is 29.8. The highest BCUT2D eigenvalue weighted by molar-refractivity contribution is 7.27. The van der Waals surface area contributed by atoms with Crippen LogP contribution in [0.3, 0.4) is 0 Å². The molecule has 248 valence electrons. The van der Waals surface area contributed by atoms with E-state index in [-0.39, 0.29) is 29.8 Å². The summed E-state index contributed by atoms with van der Waals surface area (Å²) in [5, 5.41) is 8.24. The molecule has 45 heavy (non-hydrogen) atoms. The highest BCUT2D eigenvalue weighted by Crippen LogP contribution is 2.33. The highest BCUT2D eigenvalue weighted by Gasteiger charge is 2.32. The number of benzene rings is 1. The van der Waals surface area contributed by atoms with E-state index in [1.165, 1.54) is 0 Å². The van der Waals surface area contributed by atoms with Crippen molar-refractivity contribution >= 4 is 14.5 Å². The van der Waals surface area contributed by atoms with Gasteiger partial charge in [0, 0.05) is 6.54 Å². The molecule has 3 aromatic rings. The number of hydrogen-bond donors (Lipinski definition) is 1. The number of nitrogens with one attached hydrogen (secondary N) is 1. The van der Waals surface area contributed by atoms with Crippen molar-refractivity contribution in [3.8, 4) is 23.4 Å². The number of ether oxygens (including phenoxy) is 2. The summed E-state index contributed by atoms with van der Waals surface area (Å²) in [4.78, 5) is 14.2. The average Bonchev–Trinajstić information content (AvgIpc) is 3.45. The molecule has 0 spiro atoms. The molecule has 0 radical (unpaired) electrons. The van der Waals surface area contributed by atoms with Crippen molar-refractivity contribution in [2.75, 3.05) is 13.6 Å². The fraction of sp³-hybridized carbons (Fsp3) is 0.600. The predicted molar refractivity (Wildman–Crippen MR) is 183 cm³/mol. The molecule has 10 heteroatoms.